The predicted molar refractivity (Wildman–Crippen MR) is 94.2 cm³/mol. The Morgan fingerprint density at radius 3 is 2.55 bits per heavy atom. The van der Waals surface area contributed by atoms with Crippen LogP contribution in [0, 0.1) is 11.3 Å². The summed E-state index contributed by atoms with van der Waals surface area (Å²) in [5.41, 5.74) is 1.93. The standard InChI is InChI=1S/C15H16ClN3O.C2H6/c1-5-18-15(10(2)11(3)20-4)19-14-7-6-12(9-17)8-13(14)16;1-2/h5-8,19H,3H2,1-2,4H3;1-2H3/b15-10+,18-5-;. The number of halogens is 1. The molecule has 0 amide bonds. The van der Waals surface area contributed by atoms with Gasteiger partial charge in [-0.15, -0.1) is 0 Å². The normalized spacial score (nSPS) is 11.0. The number of allylic oxidation sites excluding steroid dienone is 1. The van der Waals surface area contributed by atoms with Crippen LogP contribution in [0.4, 0.5) is 5.69 Å². The molecule has 0 aliphatic carbocycles. The van der Waals surface area contributed by atoms with E-state index >= 15 is 0 Å². The largest absolute Gasteiger partial charge is 0.497 e. The number of methoxy groups -OCH3 is 1. The maximum Gasteiger partial charge on any atom is 0.136 e. The van der Waals surface area contributed by atoms with Crippen LogP contribution in [-0.2, 0) is 4.74 Å². The molecule has 118 valence electrons. The van der Waals surface area contributed by atoms with Crippen molar-refractivity contribution in [3.63, 3.8) is 0 Å². The maximum atomic E-state index is 8.82. The molecular weight excluding hydrogens is 298 g/mol. The SMILES string of the molecule is C=C(OC)/C(C)=C(\N=C/C)Nc1ccc(C#N)cc1Cl.CC. The third kappa shape index (κ3) is 5.63. The Morgan fingerprint density at radius 2 is 2.09 bits per heavy atom. The van der Waals surface area contributed by atoms with Crippen LogP contribution in [-0.4, -0.2) is 13.3 Å². The molecule has 0 aromatic heterocycles. The summed E-state index contributed by atoms with van der Waals surface area (Å²) in [6.07, 6.45) is 1.66. The van der Waals surface area contributed by atoms with Crippen LogP contribution >= 0.6 is 11.6 Å². The second kappa shape index (κ2) is 10.5. The third-order valence-electron chi connectivity index (χ3n) is 2.63. The van der Waals surface area contributed by atoms with E-state index in [1.54, 1.807) is 31.5 Å². The van der Waals surface area contributed by atoms with E-state index in [2.05, 4.69) is 16.9 Å². The van der Waals surface area contributed by atoms with E-state index in [1.807, 2.05) is 33.8 Å². The molecule has 0 unspecified atom stereocenters. The van der Waals surface area contributed by atoms with Crippen molar-refractivity contribution in [2.75, 3.05) is 12.4 Å². The first-order valence-electron chi connectivity index (χ1n) is 6.93. The van der Waals surface area contributed by atoms with E-state index in [9.17, 15) is 0 Å². The minimum Gasteiger partial charge on any atom is -0.497 e. The number of nitrogens with zero attached hydrogens (tertiary/aromatic N) is 2. The van der Waals surface area contributed by atoms with Crippen molar-refractivity contribution < 1.29 is 4.74 Å². The fourth-order valence-corrected chi connectivity index (χ4v) is 1.68. The molecule has 5 heteroatoms. The molecule has 0 saturated heterocycles. The average Bonchev–Trinajstić information content (AvgIpc) is 2.56. The van der Waals surface area contributed by atoms with E-state index < -0.39 is 0 Å². The number of ether oxygens (including phenoxy) is 1. The molecule has 22 heavy (non-hydrogen) atoms. The lowest BCUT2D eigenvalue weighted by molar-refractivity contribution is 0.302. The molecule has 0 atom stereocenters. The van der Waals surface area contributed by atoms with Gasteiger partial charge in [0.05, 0.1) is 29.5 Å². The van der Waals surface area contributed by atoms with Crippen molar-refractivity contribution >= 4 is 23.5 Å². The number of nitrogens with one attached hydrogen (secondary N) is 1. The minimum absolute atomic E-state index is 0.448. The zero-order chi connectivity index (χ0) is 17.1. The Bertz CT molecular complexity index is 613. The van der Waals surface area contributed by atoms with Gasteiger partial charge >= 0.3 is 0 Å². The molecule has 0 radical (unpaired) electrons. The summed E-state index contributed by atoms with van der Waals surface area (Å²) in [6.45, 7) is 11.5. The van der Waals surface area contributed by atoms with E-state index in [1.165, 1.54) is 0 Å². The van der Waals surface area contributed by atoms with Gasteiger partial charge in [-0.25, -0.2) is 4.99 Å². The quantitative estimate of drug-likeness (QED) is 0.465. The first-order chi connectivity index (χ1) is 10.5. The fraction of sp³-hybridized carbons (Fsp3) is 0.294. The lowest BCUT2D eigenvalue weighted by atomic mass is 10.2. The summed E-state index contributed by atoms with van der Waals surface area (Å²) < 4.78 is 5.10. The second-order valence-corrected chi connectivity index (χ2v) is 4.33. The van der Waals surface area contributed by atoms with Crippen LogP contribution in [0.1, 0.15) is 33.3 Å². The van der Waals surface area contributed by atoms with Crippen molar-refractivity contribution in [2.45, 2.75) is 27.7 Å². The number of rotatable bonds is 5. The summed E-state index contributed by atoms with van der Waals surface area (Å²) in [5.74, 6) is 1.11. The van der Waals surface area contributed by atoms with Gasteiger partial charge < -0.3 is 10.1 Å². The van der Waals surface area contributed by atoms with E-state index in [0.29, 0.717) is 27.9 Å². The highest BCUT2D eigenvalue weighted by atomic mass is 35.5. The van der Waals surface area contributed by atoms with Crippen LogP contribution in [0.2, 0.25) is 5.02 Å². The number of benzene rings is 1. The maximum absolute atomic E-state index is 8.82. The van der Waals surface area contributed by atoms with Gasteiger partial charge in [0.15, 0.2) is 0 Å². The molecular formula is C17H22ClN3O. The molecule has 0 aliphatic rings. The Labute approximate surface area is 137 Å². The van der Waals surface area contributed by atoms with Crippen molar-refractivity contribution in [1.29, 1.82) is 5.26 Å². The molecule has 0 spiro atoms. The molecule has 0 aliphatic heterocycles. The van der Waals surface area contributed by atoms with Crippen molar-refractivity contribution in [3.05, 3.63) is 52.5 Å². The molecule has 0 heterocycles. The summed E-state index contributed by atoms with van der Waals surface area (Å²) in [4.78, 5) is 4.25. The molecule has 0 fully saturated rings. The van der Waals surface area contributed by atoms with Crippen LogP contribution in [0.25, 0.3) is 0 Å². The first kappa shape index (κ1) is 19.8. The molecule has 4 nitrogen and oxygen atoms in total. The van der Waals surface area contributed by atoms with E-state index in [4.69, 9.17) is 21.6 Å². The summed E-state index contributed by atoms with van der Waals surface area (Å²) in [7, 11) is 1.55. The number of anilines is 1. The summed E-state index contributed by atoms with van der Waals surface area (Å²) in [6, 6.07) is 7.04. The highest BCUT2D eigenvalue weighted by molar-refractivity contribution is 6.33. The number of nitriles is 1. The van der Waals surface area contributed by atoms with Gasteiger partial charge in [-0.3, -0.25) is 0 Å². The Hall–Kier alpha value is -2.25. The van der Waals surface area contributed by atoms with Gasteiger partial charge in [-0.05, 0) is 32.0 Å². The zero-order valence-electron chi connectivity index (χ0n) is 13.7. The molecule has 1 N–H and O–H groups in total. The van der Waals surface area contributed by atoms with E-state index in [-0.39, 0.29) is 0 Å². The molecule has 0 bridgehead atoms. The molecule has 1 aromatic rings. The lowest BCUT2D eigenvalue weighted by Crippen LogP contribution is -2.03. The van der Waals surface area contributed by atoms with Gasteiger partial charge in [0.1, 0.15) is 11.6 Å². The monoisotopic (exact) mass is 319 g/mol. The zero-order valence-corrected chi connectivity index (χ0v) is 14.5. The summed E-state index contributed by atoms with van der Waals surface area (Å²) in [5, 5.41) is 12.4. The van der Waals surface area contributed by atoms with Gasteiger partial charge in [-0.1, -0.05) is 32.0 Å². The number of hydrogen-bond donors (Lipinski definition) is 1. The molecule has 0 saturated carbocycles. The Kier molecular flexibility index (Phi) is 9.40. The number of hydrogen-bond acceptors (Lipinski definition) is 4. The van der Waals surface area contributed by atoms with Gasteiger partial charge in [-0.2, -0.15) is 5.26 Å². The predicted octanol–water partition coefficient (Wildman–Crippen LogP) is 5.13. The Balaban J connectivity index is 0.00000211. The van der Waals surface area contributed by atoms with Gasteiger partial charge in [0, 0.05) is 11.8 Å². The lowest BCUT2D eigenvalue weighted by Gasteiger charge is -2.13. The molecule has 1 aromatic carbocycles. The van der Waals surface area contributed by atoms with Crippen molar-refractivity contribution in [2.24, 2.45) is 4.99 Å². The number of aliphatic imine (C=N–C) groups is 1. The smallest absolute Gasteiger partial charge is 0.136 e. The van der Waals surface area contributed by atoms with E-state index in [0.717, 1.165) is 5.57 Å². The Morgan fingerprint density at radius 1 is 1.45 bits per heavy atom. The average molecular weight is 320 g/mol. The fourth-order valence-electron chi connectivity index (χ4n) is 1.45. The third-order valence-corrected chi connectivity index (χ3v) is 2.94. The van der Waals surface area contributed by atoms with Crippen LogP contribution in [0.15, 0.2) is 46.9 Å². The minimum atomic E-state index is 0.448. The van der Waals surface area contributed by atoms with Gasteiger partial charge in [0.25, 0.3) is 0 Å². The summed E-state index contributed by atoms with van der Waals surface area (Å²) >= 11 is 6.13. The highest BCUT2D eigenvalue weighted by Crippen LogP contribution is 2.26. The van der Waals surface area contributed by atoms with Gasteiger partial charge in [0.2, 0.25) is 0 Å². The second-order valence-electron chi connectivity index (χ2n) is 3.92. The van der Waals surface area contributed by atoms with Crippen molar-refractivity contribution in [3.8, 4) is 6.07 Å². The first-order valence-corrected chi connectivity index (χ1v) is 7.30. The van der Waals surface area contributed by atoms with Crippen LogP contribution in [0.5, 0.6) is 0 Å². The van der Waals surface area contributed by atoms with Crippen LogP contribution < -0.4 is 5.32 Å². The molecule has 1 rings (SSSR count). The van der Waals surface area contributed by atoms with Crippen molar-refractivity contribution in [1.82, 2.24) is 0 Å². The topological polar surface area (TPSA) is 57.4 Å². The van der Waals surface area contributed by atoms with Crippen LogP contribution in [0.3, 0.4) is 0 Å². The highest BCUT2D eigenvalue weighted by Gasteiger charge is 2.08.